The maximum Gasteiger partial charge on any atom is 0.234 e. The normalized spacial score (nSPS) is 24.2. The maximum absolute atomic E-state index is 13.6. The maximum atomic E-state index is 13.6. The van der Waals surface area contributed by atoms with Gasteiger partial charge in [-0.15, -0.1) is 0 Å². The molecule has 188 valence electrons. The highest BCUT2D eigenvalue weighted by Crippen LogP contribution is 2.49. The van der Waals surface area contributed by atoms with E-state index in [1.165, 1.54) is 0 Å². The van der Waals surface area contributed by atoms with Crippen LogP contribution in [0, 0.1) is 5.92 Å². The largest absolute Gasteiger partial charge is 0.497 e. The van der Waals surface area contributed by atoms with Crippen LogP contribution in [0.5, 0.6) is 5.75 Å². The molecule has 3 atom stereocenters. The summed E-state index contributed by atoms with van der Waals surface area (Å²) >= 11 is 0. The van der Waals surface area contributed by atoms with E-state index in [1.807, 2.05) is 48.5 Å². The van der Waals surface area contributed by atoms with Gasteiger partial charge in [0.2, 0.25) is 5.91 Å². The lowest BCUT2D eigenvalue weighted by molar-refractivity contribution is -0.138. The molecule has 1 amide bonds. The quantitative estimate of drug-likeness (QED) is 0.480. The zero-order valence-corrected chi connectivity index (χ0v) is 21.0. The fraction of sp³-hybridized carbons (Fsp3) is 0.387. The third kappa shape index (κ3) is 5.18. The SMILES string of the molecule is COc1ccc([C@@H]2[C@H]3CCCC[C@@]3(O)CCN2CC(=O)NC(c2ccccc2)c2ccccc2)cc1. The number of carbonyl (C=O) groups is 1. The van der Waals surface area contributed by atoms with E-state index in [4.69, 9.17) is 4.74 Å². The second-order valence-electron chi connectivity index (χ2n) is 10.2. The molecule has 36 heavy (non-hydrogen) atoms. The molecule has 1 aliphatic carbocycles. The van der Waals surface area contributed by atoms with Crippen LogP contribution >= 0.6 is 0 Å². The van der Waals surface area contributed by atoms with Crippen LogP contribution < -0.4 is 10.1 Å². The Bertz CT molecular complexity index is 1100. The van der Waals surface area contributed by atoms with E-state index in [2.05, 4.69) is 46.6 Å². The minimum Gasteiger partial charge on any atom is -0.497 e. The number of hydrogen-bond acceptors (Lipinski definition) is 4. The number of aliphatic hydroxyl groups is 1. The number of methoxy groups -OCH3 is 1. The average molecular weight is 485 g/mol. The van der Waals surface area contributed by atoms with Crippen LogP contribution in [0.15, 0.2) is 84.9 Å². The van der Waals surface area contributed by atoms with E-state index in [9.17, 15) is 9.90 Å². The first kappa shape index (κ1) is 24.5. The first-order valence-electron chi connectivity index (χ1n) is 13.1. The van der Waals surface area contributed by atoms with Gasteiger partial charge in [0.25, 0.3) is 0 Å². The Labute approximate surface area is 214 Å². The summed E-state index contributed by atoms with van der Waals surface area (Å²) in [7, 11) is 1.67. The second-order valence-corrected chi connectivity index (χ2v) is 10.2. The van der Waals surface area contributed by atoms with Crippen LogP contribution in [0.4, 0.5) is 0 Å². The third-order valence-corrected chi connectivity index (χ3v) is 8.05. The molecule has 5 nitrogen and oxygen atoms in total. The van der Waals surface area contributed by atoms with Gasteiger partial charge in [0.05, 0.1) is 25.3 Å². The topological polar surface area (TPSA) is 61.8 Å². The molecule has 1 saturated carbocycles. The predicted octanol–water partition coefficient (Wildman–Crippen LogP) is 5.27. The molecule has 1 aliphatic heterocycles. The Hall–Kier alpha value is -3.15. The van der Waals surface area contributed by atoms with E-state index < -0.39 is 5.60 Å². The number of nitrogens with one attached hydrogen (secondary N) is 1. The molecule has 5 rings (SSSR count). The van der Waals surface area contributed by atoms with Crippen LogP contribution in [0.25, 0.3) is 0 Å². The second kappa shape index (κ2) is 10.9. The third-order valence-electron chi connectivity index (χ3n) is 8.05. The lowest BCUT2D eigenvalue weighted by atomic mass is 9.66. The molecule has 3 aromatic rings. The minimum atomic E-state index is -0.660. The molecule has 0 spiro atoms. The molecule has 2 N–H and O–H groups in total. The Morgan fingerprint density at radius 1 is 0.972 bits per heavy atom. The van der Waals surface area contributed by atoms with Crippen LogP contribution in [-0.2, 0) is 4.79 Å². The number of amides is 1. The standard InChI is InChI=1S/C31H36N2O3/c1-36-26-17-15-25(16-18-26)30-27-14-8-9-19-31(27,35)20-21-33(30)22-28(34)32-29(23-10-4-2-5-11-23)24-12-6-3-7-13-24/h2-7,10-13,15-18,27,29-30,35H,8-9,14,19-22H2,1H3,(H,32,34)/t27-,30-,31-/m1/s1. The number of benzene rings is 3. The van der Waals surface area contributed by atoms with Crippen LogP contribution in [0.2, 0.25) is 0 Å². The minimum absolute atomic E-state index is 0.00685. The zero-order chi connectivity index (χ0) is 25.0. The molecular weight excluding hydrogens is 448 g/mol. The molecule has 0 bridgehead atoms. The summed E-state index contributed by atoms with van der Waals surface area (Å²) in [5.74, 6) is 0.916. The molecule has 2 aliphatic rings. The highest BCUT2D eigenvalue weighted by atomic mass is 16.5. The van der Waals surface area contributed by atoms with Gasteiger partial charge in [-0.2, -0.15) is 0 Å². The van der Waals surface area contributed by atoms with Crippen LogP contribution in [0.1, 0.15) is 60.9 Å². The van der Waals surface area contributed by atoms with E-state index in [-0.39, 0.29) is 23.9 Å². The first-order chi connectivity index (χ1) is 17.6. The molecular formula is C31H36N2O3. The molecule has 3 aromatic carbocycles. The van der Waals surface area contributed by atoms with Gasteiger partial charge >= 0.3 is 0 Å². The number of hydrogen-bond donors (Lipinski definition) is 2. The fourth-order valence-corrected chi connectivity index (χ4v) is 6.21. The summed E-state index contributed by atoms with van der Waals surface area (Å²) in [5.41, 5.74) is 2.59. The number of rotatable bonds is 7. The van der Waals surface area contributed by atoms with Crippen molar-refractivity contribution in [3.05, 3.63) is 102 Å². The summed E-state index contributed by atoms with van der Waals surface area (Å²) in [4.78, 5) is 15.8. The van der Waals surface area contributed by atoms with Gasteiger partial charge in [0.1, 0.15) is 5.75 Å². The van der Waals surface area contributed by atoms with Gasteiger partial charge in [-0.3, -0.25) is 9.69 Å². The molecule has 1 heterocycles. The van der Waals surface area contributed by atoms with Gasteiger partial charge in [-0.05, 0) is 48.1 Å². The molecule has 2 fully saturated rings. The highest BCUT2D eigenvalue weighted by Gasteiger charge is 2.49. The van der Waals surface area contributed by atoms with Crippen LogP contribution in [0.3, 0.4) is 0 Å². The molecule has 0 unspecified atom stereocenters. The summed E-state index contributed by atoms with van der Waals surface area (Å²) in [6.45, 7) is 0.984. The number of fused-ring (bicyclic) bond motifs is 1. The van der Waals surface area contributed by atoms with Crippen molar-refractivity contribution in [3.8, 4) is 5.75 Å². The zero-order valence-electron chi connectivity index (χ0n) is 21.0. The van der Waals surface area contributed by atoms with Crippen LogP contribution in [-0.4, -0.2) is 41.7 Å². The monoisotopic (exact) mass is 484 g/mol. The number of ether oxygens (including phenoxy) is 1. The number of likely N-dealkylation sites (tertiary alicyclic amines) is 1. The lowest BCUT2D eigenvalue weighted by Gasteiger charge is -2.52. The fourth-order valence-electron chi connectivity index (χ4n) is 6.21. The summed E-state index contributed by atoms with van der Waals surface area (Å²) in [6.07, 6.45) is 4.71. The average Bonchev–Trinajstić information content (AvgIpc) is 2.93. The molecule has 5 heteroatoms. The summed E-state index contributed by atoms with van der Waals surface area (Å²) in [6, 6.07) is 28.1. The molecule has 0 radical (unpaired) electrons. The van der Waals surface area contributed by atoms with Crippen molar-refractivity contribution in [2.24, 2.45) is 5.92 Å². The van der Waals surface area contributed by atoms with Crippen molar-refractivity contribution in [3.63, 3.8) is 0 Å². The number of nitrogens with zero attached hydrogens (tertiary/aromatic N) is 1. The summed E-state index contributed by atoms with van der Waals surface area (Å²) in [5, 5.41) is 14.9. The highest BCUT2D eigenvalue weighted by molar-refractivity contribution is 5.79. The van der Waals surface area contributed by atoms with E-state index >= 15 is 0 Å². The Kier molecular flexibility index (Phi) is 7.40. The molecule has 1 saturated heterocycles. The van der Waals surface area contributed by atoms with Gasteiger partial charge in [-0.25, -0.2) is 0 Å². The van der Waals surface area contributed by atoms with Crippen molar-refractivity contribution in [1.29, 1.82) is 0 Å². The van der Waals surface area contributed by atoms with Crippen molar-refractivity contribution < 1.29 is 14.6 Å². The van der Waals surface area contributed by atoms with Crippen molar-refractivity contribution in [2.45, 2.75) is 49.8 Å². The van der Waals surface area contributed by atoms with Gasteiger partial charge in [0, 0.05) is 18.5 Å². The van der Waals surface area contributed by atoms with Gasteiger partial charge in [0.15, 0.2) is 0 Å². The van der Waals surface area contributed by atoms with Gasteiger partial charge < -0.3 is 15.2 Å². The van der Waals surface area contributed by atoms with Crippen molar-refractivity contribution in [2.75, 3.05) is 20.2 Å². The predicted molar refractivity (Wildman–Crippen MR) is 142 cm³/mol. The first-order valence-corrected chi connectivity index (χ1v) is 13.1. The molecule has 0 aromatic heterocycles. The summed E-state index contributed by atoms with van der Waals surface area (Å²) < 4.78 is 5.38. The van der Waals surface area contributed by atoms with E-state index in [1.54, 1.807) is 7.11 Å². The Morgan fingerprint density at radius 2 is 1.61 bits per heavy atom. The van der Waals surface area contributed by atoms with Gasteiger partial charge in [-0.1, -0.05) is 85.6 Å². The number of carbonyl (C=O) groups excluding carboxylic acids is 1. The van der Waals surface area contributed by atoms with E-state index in [0.717, 1.165) is 48.1 Å². The number of piperidine rings is 1. The van der Waals surface area contributed by atoms with E-state index in [0.29, 0.717) is 19.5 Å². The lowest BCUT2D eigenvalue weighted by Crippen LogP contribution is -2.56. The Morgan fingerprint density at radius 3 is 2.22 bits per heavy atom. The van der Waals surface area contributed by atoms with Crippen molar-refractivity contribution >= 4 is 5.91 Å². The Balaban J connectivity index is 1.40. The smallest absolute Gasteiger partial charge is 0.234 e. The van der Waals surface area contributed by atoms with Crippen molar-refractivity contribution in [1.82, 2.24) is 10.2 Å².